The summed E-state index contributed by atoms with van der Waals surface area (Å²) in [4.78, 5) is 0. The van der Waals surface area contributed by atoms with Crippen LogP contribution in [0.5, 0.6) is 0 Å². The second-order valence-electron chi connectivity index (χ2n) is 5.77. The fraction of sp³-hybridized carbons (Fsp3) is 0. The minimum absolute atomic E-state index is 2.00. The van der Waals surface area contributed by atoms with Crippen molar-refractivity contribution in [2.75, 3.05) is 0 Å². The summed E-state index contributed by atoms with van der Waals surface area (Å²) in [5.41, 5.74) is 0. The van der Waals surface area contributed by atoms with E-state index < -0.39 is 0 Å². The Kier molecular flexibility index (Phi) is 17.2. The second kappa shape index (κ2) is 21.4. The first-order chi connectivity index (χ1) is 15.0. The molecule has 0 heteroatoms. The average Bonchev–Trinajstić information content (AvgIpc) is 2.76. The lowest BCUT2D eigenvalue weighted by atomic mass is 10.4. The van der Waals surface area contributed by atoms with Gasteiger partial charge in [0.25, 0.3) is 0 Å². The third kappa shape index (κ3) is 18.9. The molecule has 0 aliphatic carbocycles. The van der Waals surface area contributed by atoms with Crippen LogP contribution in [-0.2, 0) is 0 Å². The highest BCUT2D eigenvalue weighted by Crippen LogP contribution is 1.82. The smallest absolute Gasteiger partial charge is 0.0623 e. The monoisotopic (exact) mass is 390 g/mol. The third-order valence-corrected chi connectivity index (χ3v) is 3.33. The molecule has 0 fully saturated rings. The minimum Gasteiger partial charge on any atom is -0.0623 e. The Morgan fingerprint density at radius 1 is 0.0667 bits per heavy atom. The molecule has 0 aromatic heterocycles. The van der Waals surface area contributed by atoms with E-state index in [1.807, 2.05) is 182 Å². The lowest BCUT2D eigenvalue weighted by Crippen LogP contribution is -1.47. The number of hydrogen-bond donors (Lipinski definition) is 0. The maximum atomic E-state index is 2.00. The zero-order valence-electron chi connectivity index (χ0n) is 17.3. The SMILES string of the molecule is c1ccccccccccccccccccccccccccccc1. The summed E-state index contributed by atoms with van der Waals surface area (Å²) in [7, 11) is 0. The van der Waals surface area contributed by atoms with Gasteiger partial charge in [0, 0.05) is 0 Å². The summed E-state index contributed by atoms with van der Waals surface area (Å²) in [6.45, 7) is 0. The van der Waals surface area contributed by atoms with E-state index in [4.69, 9.17) is 0 Å². The molecule has 0 N–H and O–H groups in total. The molecule has 0 heterocycles. The van der Waals surface area contributed by atoms with Crippen LogP contribution >= 0.6 is 0 Å². The first kappa shape index (κ1) is 24.1. The van der Waals surface area contributed by atoms with Crippen LogP contribution in [0.15, 0.2) is 182 Å². The van der Waals surface area contributed by atoms with Crippen LogP contribution in [-0.4, -0.2) is 0 Å². The van der Waals surface area contributed by atoms with Gasteiger partial charge in [-0.1, -0.05) is 182 Å². The van der Waals surface area contributed by atoms with Crippen molar-refractivity contribution in [2.45, 2.75) is 0 Å². The van der Waals surface area contributed by atoms with Crippen molar-refractivity contribution < 1.29 is 0 Å². The van der Waals surface area contributed by atoms with Gasteiger partial charge in [0.05, 0.1) is 0 Å². The molecule has 1 aromatic carbocycles. The fourth-order valence-corrected chi connectivity index (χ4v) is 1.92. The van der Waals surface area contributed by atoms with E-state index >= 15 is 0 Å². The van der Waals surface area contributed by atoms with Crippen molar-refractivity contribution in [2.24, 2.45) is 0 Å². The molecule has 0 aliphatic heterocycles. The number of rotatable bonds is 0. The van der Waals surface area contributed by atoms with Gasteiger partial charge in [0.2, 0.25) is 0 Å². The molecule has 30 heavy (non-hydrogen) atoms. The van der Waals surface area contributed by atoms with Crippen molar-refractivity contribution in [1.82, 2.24) is 0 Å². The molecular weight excluding hydrogens is 360 g/mol. The molecule has 1 rings (SSSR count). The highest BCUT2D eigenvalue weighted by molar-refractivity contribution is 5.01. The molecule has 0 amide bonds. The largest absolute Gasteiger partial charge is 0.0623 e. The Bertz CT molecular complexity index is 543. The Balaban J connectivity index is 3.00. The van der Waals surface area contributed by atoms with Crippen LogP contribution in [0.1, 0.15) is 0 Å². The Labute approximate surface area is 182 Å². The zero-order valence-corrected chi connectivity index (χ0v) is 17.3. The molecule has 0 atom stereocenters. The maximum Gasteiger partial charge on any atom is -0.0623 e. The van der Waals surface area contributed by atoms with E-state index in [-0.39, 0.29) is 0 Å². The second-order valence-corrected chi connectivity index (χ2v) is 5.77. The van der Waals surface area contributed by atoms with Gasteiger partial charge in [-0.2, -0.15) is 0 Å². The summed E-state index contributed by atoms with van der Waals surface area (Å²) in [6, 6.07) is 60.0. The summed E-state index contributed by atoms with van der Waals surface area (Å²) in [5.74, 6) is 0. The fourth-order valence-electron chi connectivity index (χ4n) is 1.92. The van der Waals surface area contributed by atoms with Gasteiger partial charge in [-0.3, -0.25) is 0 Å². The van der Waals surface area contributed by atoms with Crippen LogP contribution < -0.4 is 0 Å². The van der Waals surface area contributed by atoms with E-state index in [0.29, 0.717) is 0 Å². The highest BCUT2D eigenvalue weighted by Gasteiger charge is 1.60. The van der Waals surface area contributed by atoms with Gasteiger partial charge in [-0.15, -0.1) is 0 Å². The predicted octanol–water partition coefficient (Wildman–Crippen LogP) is 8.43. The van der Waals surface area contributed by atoms with E-state index in [1.54, 1.807) is 0 Å². The molecule has 0 aliphatic rings. The van der Waals surface area contributed by atoms with E-state index in [2.05, 4.69) is 0 Å². The van der Waals surface area contributed by atoms with E-state index in [1.165, 1.54) is 0 Å². The Morgan fingerprint density at radius 2 is 0.100 bits per heavy atom. The Hall–Kier alpha value is -3.90. The lowest BCUT2D eigenvalue weighted by Gasteiger charge is -1.69. The van der Waals surface area contributed by atoms with Gasteiger partial charge in [0.15, 0.2) is 0 Å². The first-order valence-corrected chi connectivity index (χ1v) is 10.0. The predicted molar refractivity (Wildman–Crippen MR) is 132 cm³/mol. The van der Waals surface area contributed by atoms with E-state index in [9.17, 15) is 0 Å². The summed E-state index contributed by atoms with van der Waals surface area (Å²) in [5, 5.41) is 0. The van der Waals surface area contributed by atoms with Crippen molar-refractivity contribution in [3.8, 4) is 0 Å². The summed E-state index contributed by atoms with van der Waals surface area (Å²) in [6.07, 6.45) is 0. The van der Waals surface area contributed by atoms with Crippen LogP contribution in [0.25, 0.3) is 0 Å². The molecule has 0 unspecified atom stereocenters. The minimum atomic E-state index is 2.00. The normalized spacial score (nSPS) is 8.00. The maximum absolute atomic E-state index is 2.00. The highest BCUT2D eigenvalue weighted by atomic mass is 13.7. The van der Waals surface area contributed by atoms with Crippen LogP contribution in [0.3, 0.4) is 0 Å². The van der Waals surface area contributed by atoms with Gasteiger partial charge in [0.1, 0.15) is 0 Å². The van der Waals surface area contributed by atoms with Gasteiger partial charge < -0.3 is 0 Å². The van der Waals surface area contributed by atoms with Crippen molar-refractivity contribution in [1.29, 1.82) is 0 Å². The molecule has 1 aromatic rings. The van der Waals surface area contributed by atoms with Gasteiger partial charge in [-0.05, 0) is 0 Å². The molecular formula is C30H30. The molecule has 0 saturated heterocycles. The molecule has 0 bridgehead atoms. The summed E-state index contributed by atoms with van der Waals surface area (Å²) < 4.78 is 0. The summed E-state index contributed by atoms with van der Waals surface area (Å²) >= 11 is 0. The molecule has 0 radical (unpaired) electrons. The third-order valence-electron chi connectivity index (χ3n) is 3.33. The van der Waals surface area contributed by atoms with Crippen LogP contribution in [0.2, 0.25) is 0 Å². The Morgan fingerprint density at radius 3 is 0.133 bits per heavy atom. The van der Waals surface area contributed by atoms with E-state index in [0.717, 1.165) is 0 Å². The zero-order chi connectivity index (χ0) is 21.2. The topological polar surface area (TPSA) is 0 Å². The van der Waals surface area contributed by atoms with Crippen LogP contribution in [0, 0.1) is 0 Å². The van der Waals surface area contributed by atoms with Crippen molar-refractivity contribution >= 4 is 0 Å². The van der Waals surface area contributed by atoms with Gasteiger partial charge >= 0.3 is 0 Å². The van der Waals surface area contributed by atoms with Crippen molar-refractivity contribution in [3.05, 3.63) is 182 Å². The van der Waals surface area contributed by atoms with Crippen LogP contribution in [0.4, 0.5) is 0 Å². The lowest BCUT2D eigenvalue weighted by molar-refractivity contribution is 1.72. The molecule has 150 valence electrons. The average molecular weight is 391 g/mol. The molecule has 0 nitrogen and oxygen atoms in total. The standard InChI is InChI=1S/C30H30/c1-2-4-6-8-10-12-14-16-18-20-22-24-26-28-30-29-27-25-23-21-19-17-15-13-11-9-7-5-3-1/h1-30H. The quantitative estimate of drug-likeness (QED) is 0.417. The van der Waals surface area contributed by atoms with Crippen molar-refractivity contribution in [3.63, 3.8) is 0 Å². The first-order valence-electron chi connectivity index (χ1n) is 10.0. The van der Waals surface area contributed by atoms with Gasteiger partial charge in [-0.25, -0.2) is 0 Å². The molecule has 0 spiro atoms. The molecule has 0 saturated carbocycles. The number of hydrogen-bond acceptors (Lipinski definition) is 0.